The lowest BCUT2D eigenvalue weighted by molar-refractivity contribution is 0.391. The first-order valence-electron chi connectivity index (χ1n) is 5.93. The average molecular weight is 344 g/mol. The summed E-state index contributed by atoms with van der Waals surface area (Å²) in [5.74, 6) is -0.332. The third-order valence-electron chi connectivity index (χ3n) is 2.45. The molecular weight excluding hydrogens is 332 g/mol. The Morgan fingerprint density at radius 2 is 1.18 bits per heavy atom. The fourth-order valence-electron chi connectivity index (χ4n) is 1.47. The first kappa shape index (κ1) is 16.1. The van der Waals surface area contributed by atoms with Gasteiger partial charge in [0.15, 0.2) is 11.5 Å². The van der Waals surface area contributed by atoms with Gasteiger partial charge in [-0.25, -0.2) is 0 Å². The van der Waals surface area contributed by atoms with Crippen molar-refractivity contribution < 1.29 is 29.9 Å². The van der Waals surface area contributed by atoms with Gasteiger partial charge in [0.05, 0.1) is 7.11 Å². The van der Waals surface area contributed by atoms with Crippen molar-refractivity contribution in [2.45, 2.75) is 0 Å². The molecule has 0 amide bonds. The first-order chi connectivity index (χ1) is 10.4. The molecular formula is C13H12O7S2. The minimum Gasteiger partial charge on any atom is -0.493 e. The van der Waals surface area contributed by atoms with Gasteiger partial charge in [-0.2, -0.15) is 16.8 Å². The summed E-state index contributed by atoms with van der Waals surface area (Å²) in [6, 6.07) is 13.0. The van der Waals surface area contributed by atoms with E-state index in [2.05, 4.69) is 8.37 Å². The summed E-state index contributed by atoms with van der Waals surface area (Å²) >= 11 is 0. The third-order valence-corrected chi connectivity index (χ3v) is 5.64. The molecule has 0 bridgehead atoms. The van der Waals surface area contributed by atoms with Crippen molar-refractivity contribution in [3.63, 3.8) is 0 Å². The van der Waals surface area contributed by atoms with E-state index in [1.165, 1.54) is 49.6 Å². The summed E-state index contributed by atoms with van der Waals surface area (Å²) in [6.07, 6.45) is 0. The molecule has 0 unspecified atom stereocenters. The maximum atomic E-state index is 11.9. The highest BCUT2D eigenvalue weighted by Crippen LogP contribution is 2.29. The second-order valence-corrected chi connectivity index (χ2v) is 8.36. The van der Waals surface area contributed by atoms with Crippen LogP contribution in [0.2, 0.25) is 0 Å². The van der Waals surface area contributed by atoms with Gasteiger partial charge >= 0.3 is 18.3 Å². The second kappa shape index (κ2) is 6.24. The Balaban J connectivity index is 2.29. The van der Waals surface area contributed by atoms with Gasteiger partial charge in [-0.1, -0.05) is 30.3 Å². The zero-order chi connectivity index (χ0) is 16.2. The predicted octanol–water partition coefficient (Wildman–Crippen LogP) is 1.73. The lowest BCUT2D eigenvalue weighted by atomic mass is 10.3. The highest BCUT2D eigenvalue weighted by Gasteiger charge is 2.36. The van der Waals surface area contributed by atoms with Crippen LogP contribution in [0.5, 0.6) is 17.2 Å². The van der Waals surface area contributed by atoms with E-state index in [0.29, 0.717) is 0 Å². The van der Waals surface area contributed by atoms with Gasteiger partial charge in [0, 0.05) is 0 Å². The molecule has 0 aliphatic heterocycles. The first-order valence-corrected chi connectivity index (χ1v) is 9.26. The minimum atomic E-state index is -5.07. The van der Waals surface area contributed by atoms with Crippen LogP contribution >= 0.6 is 0 Å². The van der Waals surface area contributed by atoms with Crippen LogP contribution in [0.1, 0.15) is 0 Å². The van der Waals surface area contributed by atoms with Crippen molar-refractivity contribution in [3.8, 4) is 17.2 Å². The minimum absolute atomic E-state index is 0.0704. The van der Waals surface area contributed by atoms with Crippen LogP contribution in [0.4, 0.5) is 0 Å². The summed E-state index contributed by atoms with van der Waals surface area (Å²) in [6.45, 7) is 0. The number of ether oxygens (including phenoxy) is 1. The average Bonchev–Trinajstić information content (AvgIpc) is 2.48. The maximum absolute atomic E-state index is 11.9. The molecule has 0 aliphatic carbocycles. The van der Waals surface area contributed by atoms with E-state index in [4.69, 9.17) is 4.74 Å². The molecule has 22 heavy (non-hydrogen) atoms. The van der Waals surface area contributed by atoms with Crippen molar-refractivity contribution in [2.24, 2.45) is 0 Å². The van der Waals surface area contributed by atoms with Crippen molar-refractivity contribution >= 4 is 18.3 Å². The molecule has 0 N–H and O–H groups in total. The number of hydrogen-bond acceptors (Lipinski definition) is 7. The molecule has 0 heterocycles. The quantitative estimate of drug-likeness (QED) is 0.736. The highest BCUT2D eigenvalue weighted by molar-refractivity contribution is 8.63. The molecule has 0 radical (unpaired) electrons. The Hall–Kier alpha value is -2.26. The largest absolute Gasteiger partial charge is 0.493 e. The zero-order valence-electron chi connectivity index (χ0n) is 11.4. The fraction of sp³-hybridized carbons (Fsp3) is 0.0769. The smallest absolute Gasteiger partial charge is 0.455 e. The number of hydrogen-bond donors (Lipinski definition) is 0. The van der Waals surface area contributed by atoms with Crippen LogP contribution < -0.4 is 13.1 Å². The Bertz CT molecular complexity index is 843. The van der Waals surface area contributed by atoms with E-state index < -0.39 is 18.3 Å². The summed E-state index contributed by atoms with van der Waals surface area (Å²) in [7, 11) is -8.82. The topological polar surface area (TPSA) is 96.0 Å². The summed E-state index contributed by atoms with van der Waals surface area (Å²) in [4.78, 5) is 0. The molecule has 7 nitrogen and oxygen atoms in total. The van der Waals surface area contributed by atoms with Crippen molar-refractivity contribution in [1.82, 2.24) is 0 Å². The molecule has 0 atom stereocenters. The van der Waals surface area contributed by atoms with Gasteiger partial charge in [-0.3, -0.25) is 0 Å². The second-order valence-electron chi connectivity index (χ2n) is 3.95. The summed E-state index contributed by atoms with van der Waals surface area (Å²) in [5.41, 5.74) is 0. The lowest BCUT2D eigenvalue weighted by Gasteiger charge is -2.11. The predicted molar refractivity (Wildman–Crippen MR) is 78.5 cm³/mol. The number of benzene rings is 2. The van der Waals surface area contributed by atoms with Gasteiger partial charge in [0.2, 0.25) is 0 Å². The standard InChI is InChI=1S/C13H12O7S2/c1-18-12-9-5-6-10-13(12)20-22(16,17)21(14,15)19-11-7-3-2-4-8-11/h2-10H,1H3. The van der Waals surface area contributed by atoms with Crippen LogP contribution in [-0.4, -0.2) is 23.9 Å². The molecule has 2 rings (SSSR count). The van der Waals surface area contributed by atoms with Crippen LogP contribution in [-0.2, 0) is 18.3 Å². The van der Waals surface area contributed by atoms with Crippen LogP contribution in [0.15, 0.2) is 54.6 Å². The normalized spacial score (nSPS) is 11.7. The zero-order valence-corrected chi connectivity index (χ0v) is 13.0. The molecule has 0 saturated heterocycles. The highest BCUT2D eigenvalue weighted by atomic mass is 33.2. The van der Waals surface area contributed by atoms with E-state index in [0.717, 1.165) is 0 Å². The number of para-hydroxylation sites is 3. The molecule has 118 valence electrons. The molecule has 0 fully saturated rings. The molecule has 0 spiro atoms. The molecule has 0 saturated carbocycles. The molecule has 2 aromatic carbocycles. The lowest BCUT2D eigenvalue weighted by Crippen LogP contribution is -2.25. The number of methoxy groups -OCH3 is 1. The van der Waals surface area contributed by atoms with Gasteiger partial charge in [-0.15, -0.1) is 0 Å². The fourth-order valence-corrected chi connectivity index (χ4v) is 3.30. The van der Waals surface area contributed by atoms with Crippen molar-refractivity contribution in [1.29, 1.82) is 0 Å². The third kappa shape index (κ3) is 3.49. The van der Waals surface area contributed by atoms with Crippen LogP contribution in [0, 0.1) is 0 Å². The Morgan fingerprint density at radius 1 is 0.682 bits per heavy atom. The Labute approximate surface area is 127 Å². The van der Waals surface area contributed by atoms with E-state index in [1.54, 1.807) is 12.1 Å². The summed E-state index contributed by atoms with van der Waals surface area (Å²) in [5, 5.41) is 0. The van der Waals surface area contributed by atoms with E-state index in [-0.39, 0.29) is 17.2 Å². The van der Waals surface area contributed by atoms with E-state index in [9.17, 15) is 16.8 Å². The molecule has 0 aliphatic rings. The number of rotatable bonds is 6. The monoisotopic (exact) mass is 344 g/mol. The van der Waals surface area contributed by atoms with E-state index in [1.807, 2.05) is 0 Å². The van der Waals surface area contributed by atoms with Gasteiger partial charge in [0.25, 0.3) is 0 Å². The van der Waals surface area contributed by atoms with Gasteiger partial charge < -0.3 is 13.1 Å². The maximum Gasteiger partial charge on any atom is 0.455 e. The SMILES string of the molecule is COc1ccccc1OS(=O)(=O)S(=O)(=O)Oc1ccccc1. The molecule has 0 aromatic heterocycles. The van der Waals surface area contributed by atoms with Crippen molar-refractivity contribution in [3.05, 3.63) is 54.6 Å². The van der Waals surface area contributed by atoms with Gasteiger partial charge in [0.1, 0.15) is 5.75 Å². The summed E-state index contributed by atoms with van der Waals surface area (Å²) < 4.78 is 61.5. The van der Waals surface area contributed by atoms with Crippen molar-refractivity contribution in [2.75, 3.05) is 7.11 Å². The molecule has 2 aromatic rings. The Morgan fingerprint density at radius 3 is 1.77 bits per heavy atom. The molecule has 9 heteroatoms. The van der Waals surface area contributed by atoms with Crippen LogP contribution in [0.3, 0.4) is 0 Å². The van der Waals surface area contributed by atoms with Gasteiger partial charge in [-0.05, 0) is 24.3 Å². The van der Waals surface area contributed by atoms with Crippen LogP contribution in [0.25, 0.3) is 0 Å². The Kier molecular flexibility index (Phi) is 4.57. The van der Waals surface area contributed by atoms with E-state index >= 15 is 0 Å².